The lowest BCUT2D eigenvalue weighted by molar-refractivity contribution is 0.571. The van der Waals surface area contributed by atoms with E-state index in [1.165, 1.54) is 0 Å². The van der Waals surface area contributed by atoms with Crippen LogP contribution in [0.25, 0.3) is 0 Å². The Kier molecular flexibility index (Phi) is 4.35. The Hall–Kier alpha value is -0.810. The molecule has 0 aromatic heterocycles. The highest BCUT2D eigenvalue weighted by Gasteiger charge is 2.11. The maximum Gasteiger partial charge on any atom is 0.139 e. The van der Waals surface area contributed by atoms with Gasteiger partial charge in [-0.3, -0.25) is 4.21 Å². The van der Waals surface area contributed by atoms with E-state index >= 15 is 0 Å². The summed E-state index contributed by atoms with van der Waals surface area (Å²) in [4.78, 5) is -0.0874. The van der Waals surface area contributed by atoms with Gasteiger partial charge in [0, 0.05) is 11.8 Å². The zero-order chi connectivity index (χ0) is 11.4. The maximum absolute atomic E-state index is 13.2. The highest BCUT2D eigenvalue weighted by Crippen LogP contribution is 2.14. The van der Waals surface area contributed by atoms with E-state index in [0.717, 1.165) is 18.2 Å². The van der Waals surface area contributed by atoms with Gasteiger partial charge in [0.2, 0.25) is 0 Å². The first-order valence-electron chi connectivity index (χ1n) is 4.59. The molecule has 0 heterocycles. The van der Waals surface area contributed by atoms with Crippen molar-refractivity contribution in [1.82, 2.24) is 0 Å². The van der Waals surface area contributed by atoms with Gasteiger partial charge in [-0.2, -0.15) is 0 Å². The maximum atomic E-state index is 13.2. The molecule has 0 spiro atoms. The minimum Gasteiger partial charge on any atom is -0.328 e. The number of nitrogens with two attached hydrogens (primary N) is 1. The van der Waals surface area contributed by atoms with Crippen molar-refractivity contribution >= 4 is 10.8 Å². The van der Waals surface area contributed by atoms with Gasteiger partial charge < -0.3 is 5.73 Å². The van der Waals surface area contributed by atoms with Crippen LogP contribution in [0.15, 0.2) is 23.1 Å². The van der Waals surface area contributed by atoms with Crippen molar-refractivity contribution in [2.75, 3.05) is 5.75 Å². The van der Waals surface area contributed by atoms with Gasteiger partial charge in [0.25, 0.3) is 0 Å². The first kappa shape index (κ1) is 12.3. The second-order valence-electron chi connectivity index (χ2n) is 3.39. The summed E-state index contributed by atoms with van der Waals surface area (Å²) < 4.78 is 37.5. The fourth-order valence-corrected chi connectivity index (χ4v) is 2.39. The average Bonchev–Trinajstić information content (AvgIpc) is 2.18. The third kappa shape index (κ3) is 3.68. The number of hydrogen-bond donors (Lipinski definition) is 1. The van der Waals surface area contributed by atoms with Gasteiger partial charge >= 0.3 is 0 Å². The number of halogens is 2. The lowest BCUT2D eigenvalue weighted by atomic mass is 10.3. The standard InChI is InChI=1S/C10H13F2NOS/c1-7(13)4-5-15(14)10-6-8(11)2-3-9(10)12/h2-3,6-7H,4-5,13H2,1H3. The fourth-order valence-electron chi connectivity index (χ4n) is 1.05. The van der Waals surface area contributed by atoms with Crippen LogP contribution in [0.4, 0.5) is 8.78 Å². The van der Waals surface area contributed by atoms with Gasteiger partial charge in [0.15, 0.2) is 0 Å². The first-order chi connectivity index (χ1) is 7.00. The number of rotatable bonds is 4. The molecule has 15 heavy (non-hydrogen) atoms. The number of hydrogen-bond acceptors (Lipinski definition) is 2. The van der Waals surface area contributed by atoms with Crippen LogP contribution < -0.4 is 5.73 Å². The van der Waals surface area contributed by atoms with Gasteiger partial charge in [-0.25, -0.2) is 8.78 Å². The molecule has 1 aromatic carbocycles. The molecule has 0 amide bonds. The topological polar surface area (TPSA) is 43.1 Å². The van der Waals surface area contributed by atoms with Crippen molar-refractivity contribution in [3.05, 3.63) is 29.8 Å². The molecule has 0 saturated carbocycles. The Bertz CT molecular complexity index is 368. The minimum atomic E-state index is -1.52. The Morgan fingerprint density at radius 3 is 2.73 bits per heavy atom. The molecule has 0 aliphatic heterocycles. The molecule has 2 N–H and O–H groups in total. The zero-order valence-electron chi connectivity index (χ0n) is 8.37. The Balaban J connectivity index is 2.77. The molecule has 5 heteroatoms. The third-order valence-corrected chi connectivity index (χ3v) is 3.31. The summed E-state index contributed by atoms with van der Waals surface area (Å²) in [6.45, 7) is 1.78. The fraction of sp³-hybridized carbons (Fsp3) is 0.400. The summed E-state index contributed by atoms with van der Waals surface area (Å²) in [5.74, 6) is -0.974. The number of benzene rings is 1. The van der Waals surface area contributed by atoms with E-state index in [2.05, 4.69) is 0 Å². The normalized spacial score (nSPS) is 14.9. The van der Waals surface area contributed by atoms with Crippen LogP contribution in [0.2, 0.25) is 0 Å². The summed E-state index contributed by atoms with van der Waals surface area (Å²) in [6.07, 6.45) is 0.516. The van der Waals surface area contributed by atoms with Gasteiger partial charge in [0.05, 0.1) is 15.7 Å². The van der Waals surface area contributed by atoms with E-state index in [1.54, 1.807) is 6.92 Å². The van der Waals surface area contributed by atoms with E-state index in [1.807, 2.05) is 0 Å². The van der Waals surface area contributed by atoms with Crippen molar-refractivity contribution in [2.45, 2.75) is 24.3 Å². The Labute approximate surface area is 89.9 Å². The molecular weight excluding hydrogens is 220 g/mol. The van der Waals surface area contributed by atoms with Crippen molar-refractivity contribution < 1.29 is 13.0 Å². The third-order valence-electron chi connectivity index (χ3n) is 1.90. The van der Waals surface area contributed by atoms with Crippen molar-refractivity contribution in [2.24, 2.45) is 5.73 Å². The molecule has 0 fully saturated rings. The van der Waals surface area contributed by atoms with Gasteiger partial charge in [-0.15, -0.1) is 0 Å². The Morgan fingerprint density at radius 1 is 1.47 bits per heavy atom. The largest absolute Gasteiger partial charge is 0.328 e. The van der Waals surface area contributed by atoms with Crippen LogP contribution in [0.1, 0.15) is 13.3 Å². The lowest BCUT2D eigenvalue weighted by Crippen LogP contribution is -2.18. The smallest absolute Gasteiger partial charge is 0.139 e. The molecule has 0 saturated heterocycles. The summed E-state index contributed by atoms with van der Waals surface area (Å²) in [6, 6.07) is 2.86. The Morgan fingerprint density at radius 2 is 2.13 bits per heavy atom. The quantitative estimate of drug-likeness (QED) is 0.861. The predicted molar refractivity (Wildman–Crippen MR) is 55.9 cm³/mol. The van der Waals surface area contributed by atoms with Crippen LogP contribution in [0.3, 0.4) is 0 Å². The van der Waals surface area contributed by atoms with Crippen LogP contribution in [-0.4, -0.2) is 16.0 Å². The van der Waals surface area contributed by atoms with Crippen LogP contribution >= 0.6 is 0 Å². The van der Waals surface area contributed by atoms with Gasteiger partial charge in [0.1, 0.15) is 11.6 Å². The average molecular weight is 233 g/mol. The van der Waals surface area contributed by atoms with Crippen LogP contribution in [-0.2, 0) is 10.8 Å². The molecule has 84 valence electrons. The molecule has 1 aromatic rings. The van der Waals surface area contributed by atoms with E-state index in [9.17, 15) is 13.0 Å². The molecule has 2 unspecified atom stereocenters. The summed E-state index contributed by atoms with van der Waals surface area (Å²) in [5.41, 5.74) is 5.48. The molecular formula is C10H13F2NOS. The minimum absolute atomic E-state index is 0.0874. The summed E-state index contributed by atoms with van der Waals surface area (Å²) in [5, 5.41) is 0. The van der Waals surface area contributed by atoms with Gasteiger partial charge in [-0.05, 0) is 31.5 Å². The highest BCUT2D eigenvalue weighted by molar-refractivity contribution is 7.85. The second-order valence-corrected chi connectivity index (χ2v) is 4.93. The second kappa shape index (κ2) is 5.32. The molecule has 0 aliphatic rings. The molecule has 0 radical (unpaired) electrons. The SMILES string of the molecule is CC(N)CCS(=O)c1cc(F)ccc1F. The van der Waals surface area contributed by atoms with Crippen LogP contribution in [0, 0.1) is 11.6 Å². The van der Waals surface area contributed by atoms with E-state index < -0.39 is 22.4 Å². The van der Waals surface area contributed by atoms with Crippen molar-refractivity contribution in [3.63, 3.8) is 0 Å². The van der Waals surface area contributed by atoms with E-state index in [-0.39, 0.29) is 16.7 Å². The molecule has 0 bridgehead atoms. The summed E-state index contributed by atoms with van der Waals surface area (Å²) >= 11 is 0. The van der Waals surface area contributed by atoms with Gasteiger partial charge in [-0.1, -0.05) is 0 Å². The first-order valence-corrected chi connectivity index (χ1v) is 5.91. The van der Waals surface area contributed by atoms with E-state index in [4.69, 9.17) is 5.73 Å². The molecule has 2 nitrogen and oxygen atoms in total. The molecule has 2 atom stereocenters. The highest BCUT2D eigenvalue weighted by atomic mass is 32.2. The molecule has 0 aliphatic carbocycles. The van der Waals surface area contributed by atoms with Crippen molar-refractivity contribution in [1.29, 1.82) is 0 Å². The molecule has 1 rings (SSSR count). The van der Waals surface area contributed by atoms with Crippen LogP contribution in [0.5, 0.6) is 0 Å². The zero-order valence-corrected chi connectivity index (χ0v) is 9.19. The van der Waals surface area contributed by atoms with Crippen molar-refractivity contribution in [3.8, 4) is 0 Å². The monoisotopic (exact) mass is 233 g/mol. The van der Waals surface area contributed by atoms with E-state index in [0.29, 0.717) is 6.42 Å². The summed E-state index contributed by atoms with van der Waals surface area (Å²) in [7, 11) is -1.52. The predicted octanol–water partition coefficient (Wildman–Crippen LogP) is 1.81. The lowest BCUT2D eigenvalue weighted by Gasteiger charge is -2.06.